The molecule has 6 nitrogen and oxygen atoms in total. The predicted molar refractivity (Wildman–Crippen MR) is 61.2 cm³/mol. The van der Waals surface area contributed by atoms with Crippen LogP contribution in [0.2, 0.25) is 0 Å². The summed E-state index contributed by atoms with van der Waals surface area (Å²) < 4.78 is 22.4. The van der Waals surface area contributed by atoms with Crippen molar-refractivity contribution in [3.8, 4) is 0 Å². The van der Waals surface area contributed by atoms with Gasteiger partial charge in [0.15, 0.2) is 9.84 Å². The zero-order chi connectivity index (χ0) is 13.2. The van der Waals surface area contributed by atoms with E-state index in [1.165, 1.54) is 13.8 Å². The third-order valence-electron chi connectivity index (χ3n) is 3.13. The molecule has 0 aromatic heterocycles. The highest BCUT2D eigenvalue weighted by Crippen LogP contribution is 2.15. The second-order valence-electron chi connectivity index (χ2n) is 4.52. The van der Waals surface area contributed by atoms with Gasteiger partial charge in [0.05, 0.1) is 17.4 Å². The summed E-state index contributed by atoms with van der Waals surface area (Å²) in [4.78, 5) is 22.4. The van der Waals surface area contributed by atoms with E-state index in [9.17, 15) is 18.0 Å². The van der Waals surface area contributed by atoms with E-state index in [1.54, 1.807) is 0 Å². The molecule has 17 heavy (non-hydrogen) atoms. The molecule has 0 spiro atoms. The van der Waals surface area contributed by atoms with Gasteiger partial charge in [0.25, 0.3) is 0 Å². The van der Waals surface area contributed by atoms with E-state index in [2.05, 4.69) is 5.32 Å². The van der Waals surface area contributed by atoms with Crippen LogP contribution in [-0.4, -0.2) is 42.9 Å². The molecule has 1 saturated heterocycles. The van der Waals surface area contributed by atoms with E-state index in [4.69, 9.17) is 5.11 Å². The molecule has 1 aliphatic heterocycles. The Morgan fingerprint density at radius 1 is 1.29 bits per heavy atom. The van der Waals surface area contributed by atoms with Gasteiger partial charge in [-0.3, -0.25) is 9.59 Å². The highest BCUT2D eigenvalue weighted by Gasteiger charge is 2.32. The smallest absolute Gasteiger partial charge is 0.307 e. The summed E-state index contributed by atoms with van der Waals surface area (Å²) in [5.74, 6) is -2.86. The number of carboxylic acid groups (broad SMARTS) is 1. The van der Waals surface area contributed by atoms with Gasteiger partial charge in [-0.15, -0.1) is 0 Å². The Bertz CT molecular complexity index is 416. The minimum atomic E-state index is -3.03. The van der Waals surface area contributed by atoms with Crippen LogP contribution < -0.4 is 5.32 Å². The minimum absolute atomic E-state index is 0.0487. The van der Waals surface area contributed by atoms with Gasteiger partial charge in [-0.05, 0) is 6.42 Å². The number of hydrogen-bond donors (Lipinski definition) is 2. The number of amides is 1. The van der Waals surface area contributed by atoms with E-state index in [0.717, 1.165) is 0 Å². The van der Waals surface area contributed by atoms with Gasteiger partial charge in [-0.2, -0.15) is 0 Å². The van der Waals surface area contributed by atoms with E-state index in [0.29, 0.717) is 6.42 Å². The zero-order valence-corrected chi connectivity index (χ0v) is 10.7. The van der Waals surface area contributed by atoms with Crippen LogP contribution in [0.4, 0.5) is 0 Å². The molecule has 1 rings (SSSR count). The Kier molecular flexibility index (Phi) is 4.13. The lowest BCUT2D eigenvalue weighted by atomic mass is 9.95. The molecule has 1 amide bonds. The molecule has 0 aromatic carbocycles. The standard InChI is InChI=1S/C10H17NO5S/c1-6(7(2)10(13)14)9(12)11-8-3-4-17(15,16)5-8/h6-8H,3-5H2,1-2H3,(H,11,12)(H,13,14). The third-order valence-corrected chi connectivity index (χ3v) is 4.90. The number of carbonyl (C=O) groups is 2. The summed E-state index contributed by atoms with van der Waals surface area (Å²) in [6.45, 7) is 2.98. The molecule has 0 saturated carbocycles. The van der Waals surface area contributed by atoms with Crippen molar-refractivity contribution in [2.24, 2.45) is 11.8 Å². The fourth-order valence-corrected chi connectivity index (χ4v) is 3.36. The first kappa shape index (κ1) is 14.0. The fourth-order valence-electron chi connectivity index (χ4n) is 1.68. The molecule has 3 unspecified atom stereocenters. The van der Waals surface area contributed by atoms with E-state index < -0.39 is 33.5 Å². The molecule has 0 aromatic rings. The summed E-state index contributed by atoms with van der Waals surface area (Å²) in [6, 6.07) is -0.379. The molecular weight excluding hydrogens is 246 g/mol. The van der Waals surface area contributed by atoms with Crippen molar-refractivity contribution in [2.45, 2.75) is 26.3 Å². The van der Waals surface area contributed by atoms with Crippen molar-refractivity contribution in [3.63, 3.8) is 0 Å². The van der Waals surface area contributed by atoms with Crippen LogP contribution in [0, 0.1) is 11.8 Å². The highest BCUT2D eigenvalue weighted by atomic mass is 32.2. The SMILES string of the molecule is CC(C(=O)O)C(C)C(=O)NC1CCS(=O)(=O)C1. The van der Waals surface area contributed by atoms with Crippen molar-refractivity contribution in [3.05, 3.63) is 0 Å². The molecule has 1 fully saturated rings. The first-order valence-electron chi connectivity index (χ1n) is 5.46. The average molecular weight is 263 g/mol. The minimum Gasteiger partial charge on any atom is -0.481 e. The lowest BCUT2D eigenvalue weighted by Crippen LogP contribution is -2.41. The third kappa shape index (κ3) is 3.69. The maximum Gasteiger partial charge on any atom is 0.307 e. The highest BCUT2D eigenvalue weighted by molar-refractivity contribution is 7.91. The first-order chi connectivity index (χ1) is 7.73. The average Bonchev–Trinajstić information content (AvgIpc) is 2.55. The summed E-state index contributed by atoms with van der Waals surface area (Å²) in [7, 11) is -3.03. The molecule has 0 radical (unpaired) electrons. The van der Waals surface area contributed by atoms with Gasteiger partial charge in [-0.1, -0.05) is 13.8 Å². The predicted octanol–water partition coefficient (Wildman–Crippen LogP) is -0.353. The van der Waals surface area contributed by atoms with Gasteiger partial charge >= 0.3 is 5.97 Å². The molecular formula is C10H17NO5S. The van der Waals surface area contributed by atoms with Gasteiger partial charge in [0.1, 0.15) is 0 Å². The Labute approximate surface area is 100 Å². The molecule has 7 heteroatoms. The second-order valence-corrected chi connectivity index (χ2v) is 6.75. The van der Waals surface area contributed by atoms with Crippen molar-refractivity contribution in [2.75, 3.05) is 11.5 Å². The number of sulfone groups is 1. The van der Waals surface area contributed by atoms with Crippen molar-refractivity contribution in [1.82, 2.24) is 5.32 Å². The van der Waals surface area contributed by atoms with Gasteiger partial charge < -0.3 is 10.4 Å². The summed E-state index contributed by atoms with van der Waals surface area (Å²) in [5.41, 5.74) is 0. The molecule has 1 heterocycles. The van der Waals surface area contributed by atoms with Crippen LogP contribution in [0.3, 0.4) is 0 Å². The quantitative estimate of drug-likeness (QED) is 0.722. The molecule has 3 atom stereocenters. The first-order valence-corrected chi connectivity index (χ1v) is 7.28. The number of hydrogen-bond acceptors (Lipinski definition) is 4. The molecule has 0 aliphatic carbocycles. The second kappa shape index (κ2) is 5.03. The van der Waals surface area contributed by atoms with Crippen LogP contribution >= 0.6 is 0 Å². The van der Waals surface area contributed by atoms with Crippen molar-refractivity contribution >= 4 is 21.7 Å². The summed E-state index contributed by atoms with van der Waals surface area (Å²) >= 11 is 0. The maximum atomic E-state index is 11.7. The summed E-state index contributed by atoms with van der Waals surface area (Å²) in [5, 5.41) is 11.4. The van der Waals surface area contributed by atoms with Crippen LogP contribution in [-0.2, 0) is 19.4 Å². The van der Waals surface area contributed by atoms with Crippen molar-refractivity contribution in [1.29, 1.82) is 0 Å². The fraction of sp³-hybridized carbons (Fsp3) is 0.800. The number of carbonyl (C=O) groups excluding carboxylic acids is 1. The number of carboxylic acids is 1. The van der Waals surface area contributed by atoms with Gasteiger partial charge in [0.2, 0.25) is 5.91 Å². The van der Waals surface area contributed by atoms with E-state index >= 15 is 0 Å². The Hall–Kier alpha value is -1.11. The monoisotopic (exact) mass is 263 g/mol. The number of nitrogens with one attached hydrogen (secondary N) is 1. The van der Waals surface area contributed by atoms with Gasteiger partial charge in [0, 0.05) is 12.0 Å². The van der Waals surface area contributed by atoms with Crippen LogP contribution in [0.25, 0.3) is 0 Å². The Morgan fingerprint density at radius 2 is 1.88 bits per heavy atom. The topological polar surface area (TPSA) is 101 Å². The van der Waals surface area contributed by atoms with Crippen LogP contribution in [0.5, 0.6) is 0 Å². The molecule has 0 bridgehead atoms. The Balaban J connectivity index is 2.53. The van der Waals surface area contributed by atoms with Crippen LogP contribution in [0.15, 0.2) is 0 Å². The van der Waals surface area contributed by atoms with E-state index in [1.807, 2.05) is 0 Å². The van der Waals surface area contributed by atoms with E-state index in [-0.39, 0.29) is 17.5 Å². The maximum absolute atomic E-state index is 11.7. The molecule has 1 aliphatic rings. The summed E-state index contributed by atoms with van der Waals surface area (Å²) in [6.07, 6.45) is 0.405. The van der Waals surface area contributed by atoms with Crippen LogP contribution in [0.1, 0.15) is 20.3 Å². The number of rotatable bonds is 4. The van der Waals surface area contributed by atoms with Crippen molar-refractivity contribution < 1.29 is 23.1 Å². The molecule has 98 valence electrons. The lowest BCUT2D eigenvalue weighted by Gasteiger charge is -2.18. The van der Waals surface area contributed by atoms with Gasteiger partial charge in [-0.25, -0.2) is 8.42 Å². The number of aliphatic carboxylic acids is 1. The molecule has 2 N–H and O–H groups in total. The lowest BCUT2D eigenvalue weighted by molar-refractivity contribution is -0.146. The Morgan fingerprint density at radius 3 is 2.29 bits per heavy atom. The zero-order valence-electron chi connectivity index (χ0n) is 9.84. The largest absolute Gasteiger partial charge is 0.481 e. The normalized spacial score (nSPS) is 26.1.